The van der Waals surface area contributed by atoms with Crippen LogP contribution in [0.4, 0.5) is 31.5 Å². The second-order valence-corrected chi connectivity index (χ2v) is 8.75. The van der Waals surface area contributed by atoms with Crippen molar-refractivity contribution < 1.29 is 13.6 Å². The van der Waals surface area contributed by atoms with E-state index < -0.39 is 0 Å². The molecule has 6 heteroatoms. The fourth-order valence-electron chi connectivity index (χ4n) is 4.76. The van der Waals surface area contributed by atoms with Crippen LogP contribution in [0.25, 0.3) is 0 Å². The van der Waals surface area contributed by atoms with Gasteiger partial charge < -0.3 is 14.7 Å². The molecule has 0 saturated heterocycles. The van der Waals surface area contributed by atoms with Crippen LogP contribution in [0.1, 0.15) is 23.1 Å². The van der Waals surface area contributed by atoms with Crippen molar-refractivity contribution in [3.8, 4) is 0 Å². The molecule has 2 aliphatic rings. The summed E-state index contributed by atoms with van der Waals surface area (Å²) in [5.41, 5.74) is 7.22. The standard InChI is InChI=1S/C27H25F2N3O/c1-18-3-6-26(31-10-9-19(14-31)17-33)27(11-18)32-16-21-13-22(28)4-7-24(21)30(2)15-20-12-23(29)5-8-25(20)32/h3-8,11-14,17H,9-10,15-16H2,1-2H3. The minimum Gasteiger partial charge on any atom is -0.370 e. The van der Waals surface area contributed by atoms with E-state index in [0.29, 0.717) is 26.1 Å². The van der Waals surface area contributed by atoms with Crippen LogP contribution in [0.2, 0.25) is 0 Å². The summed E-state index contributed by atoms with van der Waals surface area (Å²) in [6.45, 7) is 3.65. The van der Waals surface area contributed by atoms with Crippen molar-refractivity contribution in [3.63, 3.8) is 0 Å². The van der Waals surface area contributed by atoms with E-state index in [-0.39, 0.29) is 11.6 Å². The zero-order valence-electron chi connectivity index (χ0n) is 18.7. The summed E-state index contributed by atoms with van der Waals surface area (Å²) in [6.07, 6.45) is 3.48. The average molecular weight is 446 g/mol. The molecule has 0 bridgehead atoms. The number of aldehydes is 1. The third-order valence-corrected chi connectivity index (χ3v) is 6.37. The van der Waals surface area contributed by atoms with Gasteiger partial charge in [-0.15, -0.1) is 0 Å². The van der Waals surface area contributed by atoms with Crippen LogP contribution in [0, 0.1) is 18.6 Å². The molecule has 168 valence electrons. The molecule has 0 amide bonds. The molecule has 5 rings (SSSR count). The molecule has 0 aromatic heterocycles. The van der Waals surface area contributed by atoms with Gasteiger partial charge in [-0.1, -0.05) is 6.07 Å². The van der Waals surface area contributed by atoms with Crippen LogP contribution in [0.5, 0.6) is 0 Å². The van der Waals surface area contributed by atoms with Crippen molar-refractivity contribution in [2.45, 2.75) is 26.4 Å². The summed E-state index contributed by atoms with van der Waals surface area (Å²) in [6, 6.07) is 15.8. The van der Waals surface area contributed by atoms with E-state index in [1.54, 1.807) is 24.3 Å². The van der Waals surface area contributed by atoms with Gasteiger partial charge in [0, 0.05) is 43.3 Å². The summed E-state index contributed by atoms with van der Waals surface area (Å²) in [7, 11) is 1.94. The lowest BCUT2D eigenvalue weighted by Crippen LogP contribution is -2.28. The van der Waals surface area contributed by atoms with Gasteiger partial charge in [-0.05, 0) is 78.6 Å². The van der Waals surface area contributed by atoms with Crippen LogP contribution in [0.3, 0.4) is 0 Å². The van der Waals surface area contributed by atoms with Gasteiger partial charge in [0.05, 0.1) is 17.9 Å². The Morgan fingerprint density at radius 3 is 2.18 bits per heavy atom. The number of carbonyl (C=O) groups is 1. The first kappa shape index (κ1) is 21.2. The first-order valence-electron chi connectivity index (χ1n) is 11.0. The van der Waals surface area contributed by atoms with Gasteiger partial charge in [0.15, 0.2) is 0 Å². The van der Waals surface area contributed by atoms with Gasteiger partial charge in [-0.25, -0.2) is 8.78 Å². The van der Waals surface area contributed by atoms with Crippen LogP contribution in [-0.2, 0) is 17.9 Å². The third kappa shape index (κ3) is 3.97. The van der Waals surface area contributed by atoms with E-state index in [1.807, 2.05) is 31.1 Å². The van der Waals surface area contributed by atoms with Crippen LogP contribution in [-0.4, -0.2) is 19.9 Å². The van der Waals surface area contributed by atoms with Gasteiger partial charge in [0.2, 0.25) is 0 Å². The quantitative estimate of drug-likeness (QED) is 0.472. The Hall–Kier alpha value is -3.67. The number of anilines is 4. The molecule has 2 aliphatic heterocycles. The van der Waals surface area contributed by atoms with Crippen LogP contribution >= 0.6 is 0 Å². The average Bonchev–Trinajstić information content (AvgIpc) is 3.26. The first-order valence-corrected chi connectivity index (χ1v) is 11.0. The van der Waals surface area contributed by atoms with Crippen molar-refractivity contribution in [2.75, 3.05) is 28.3 Å². The van der Waals surface area contributed by atoms with Gasteiger partial charge in [-0.3, -0.25) is 4.79 Å². The summed E-state index contributed by atoms with van der Waals surface area (Å²) >= 11 is 0. The minimum absolute atomic E-state index is 0.287. The van der Waals surface area contributed by atoms with Crippen molar-refractivity contribution in [3.05, 3.63) is 94.7 Å². The Morgan fingerprint density at radius 1 is 0.818 bits per heavy atom. The first-order chi connectivity index (χ1) is 15.9. The molecule has 3 aromatic rings. The SMILES string of the molecule is Cc1ccc(N2C=C(C=O)CC2)c(N2Cc3cc(F)ccc3N(C)Cc3cc(F)ccc32)c1. The fraction of sp³-hybridized carbons (Fsp3) is 0.222. The molecule has 0 saturated carbocycles. The summed E-state index contributed by atoms with van der Waals surface area (Å²) in [5.74, 6) is -0.575. The number of halogens is 2. The Kier molecular flexibility index (Phi) is 5.36. The highest BCUT2D eigenvalue weighted by molar-refractivity contribution is 5.83. The molecule has 0 fully saturated rings. The lowest BCUT2D eigenvalue weighted by Gasteiger charge is -2.36. The van der Waals surface area contributed by atoms with Gasteiger partial charge in [-0.2, -0.15) is 0 Å². The number of nitrogens with zero attached hydrogens (tertiary/aromatic N) is 3. The smallest absolute Gasteiger partial charge is 0.147 e. The Morgan fingerprint density at radius 2 is 1.48 bits per heavy atom. The molecule has 0 radical (unpaired) electrons. The van der Waals surface area contributed by atoms with E-state index in [0.717, 1.165) is 51.3 Å². The Bertz CT molecular complexity index is 1270. The summed E-state index contributed by atoms with van der Waals surface area (Å²) < 4.78 is 28.5. The Balaban J connectivity index is 1.71. The van der Waals surface area contributed by atoms with Gasteiger partial charge >= 0.3 is 0 Å². The maximum Gasteiger partial charge on any atom is 0.147 e. The Labute approximate surface area is 192 Å². The summed E-state index contributed by atoms with van der Waals surface area (Å²) in [5, 5.41) is 0. The molecule has 33 heavy (non-hydrogen) atoms. The largest absolute Gasteiger partial charge is 0.370 e. The monoisotopic (exact) mass is 445 g/mol. The minimum atomic E-state index is -0.287. The van der Waals surface area contributed by atoms with Crippen molar-refractivity contribution in [1.82, 2.24) is 0 Å². The van der Waals surface area contributed by atoms with E-state index >= 15 is 0 Å². The van der Waals surface area contributed by atoms with Crippen molar-refractivity contribution in [1.29, 1.82) is 0 Å². The molecule has 0 atom stereocenters. The van der Waals surface area contributed by atoms with Gasteiger partial charge in [0.1, 0.15) is 17.9 Å². The zero-order chi connectivity index (χ0) is 23.1. The highest BCUT2D eigenvalue weighted by atomic mass is 19.1. The third-order valence-electron chi connectivity index (χ3n) is 6.37. The molecule has 0 spiro atoms. The molecule has 0 aliphatic carbocycles. The highest BCUT2D eigenvalue weighted by Crippen LogP contribution is 2.42. The molecule has 0 unspecified atom stereocenters. The topological polar surface area (TPSA) is 26.8 Å². The molecule has 4 nitrogen and oxygen atoms in total. The zero-order valence-corrected chi connectivity index (χ0v) is 18.7. The maximum atomic E-state index is 14.3. The van der Waals surface area contributed by atoms with Crippen molar-refractivity contribution in [2.24, 2.45) is 0 Å². The predicted octanol–water partition coefficient (Wildman–Crippen LogP) is 5.85. The normalized spacial score (nSPS) is 15.5. The number of aryl methyl sites for hydroxylation is 1. The van der Waals surface area contributed by atoms with Crippen molar-refractivity contribution >= 4 is 29.0 Å². The highest BCUT2D eigenvalue weighted by Gasteiger charge is 2.26. The maximum absolute atomic E-state index is 14.3. The molecule has 3 aromatic carbocycles. The van der Waals surface area contributed by atoms with Crippen LogP contribution < -0.4 is 14.7 Å². The van der Waals surface area contributed by atoms with Gasteiger partial charge in [0.25, 0.3) is 0 Å². The molecular weight excluding hydrogens is 420 g/mol. The van der Waals surface area contributed by atoms with E-state index in [4.69, 9.17) is 0 Å². The number of hydrogen-bond acceptors (Lipinski definition) is 4. The number of carbonyl (C=O) groups excluding carboxylic acids is 1. The fourth-order valence-corrected chi connectivity index (χ4v) is 4.76. The van der Waals surface area contributed by atoms with E-state index in [9.17, 15) is 13.6 Å². The molecule has 0 N–H and O–H groups in total. The molecular formula is C27H25F2N3O. The number of fused-ring (bicyclic) bond motifs is 2. The number of hydrogen-bond donors (Lipinski definition) is 0. The lowest BCUT2D eigenvalue weighted by molar-refractivity contribution is -0.105. The lowest BCUT2D eigenvalue weighted by atomic mass is 10.0. The van der Waals surface area contributed by atoms with E-state index in [2.05, 4.69) is 21.9 Å². The second kappa shape index (κ2) is 8.35. The predicted molar refractivity (Wildman–Crippen MR) is 128 cm³/mol. The van der Waals surface area contributed by atoms with Crippen LogP contribution in [0.15, 0.2) is 66.4 Å². The van der Waals surface area contributed by atoms with E-state index in [1.165, 1.54) is 12.1 Å². The number of rotatable bonds is 3. The molecule has 2 heterocycles. The summed E-state index contributed by atoms with van der Waals surface area (Å²) in [4.78, 5) is 17.6. The second-order valence-electron chi connectivity index (χ2n) is 8.75. The number of benzene rings is 3.